The largest absolute Gasteiger partial charge is 0.389 e. The Labute approximate surface area is 107 Å². The standard InChI is InChI=1S/C12H21N3OS/c1-9(2)6-15-11(13-8-14-15)5-12(16)4-10(3)17-7-12/h8-10,16H,4-7H2,1-3H3. The topological polar surface area (TPSA) is 50.9 Å². The lowest BCUT2D eigenvalue weighted by Crippen LogP contribution is -2.33. The van der Waals surface area contributed by atoms with Crippen LogP contribution in [0.2, 0.25) is 0 Å². The average Bonchev–Trinajstić information content (AvgIpc) is 2.75. The lowest BCUT2D eigenvalue weighted by molar-refractivity contribution is 0.0607. The summed E-state index contributed by atoms with van der Waals surface area (Å²) < 4.78 is 1.93. The molecule has 1 saturated heterocycles. The van der Waals surface area contributed by atoms with Crippen molar-refractivity contribution in [3.63, 3.8) is 0 Å². The van der Waals surface area contributed by atoms with E-state index < -0.39 is 5.60 Å². The van der Waals surface area contributed by atoms with Gasteiger partial charge in [-0.3, -0.25) is 0 Å². The van der Waals surface area contributed by atoms with Gasteiger partial charge in [-0.15, -0.1) is 0 Å². The fourth-order valence-corrected chi connectivity index (χ4v) is 3.53. The van der Waals surface area contributed by atoms with Crippen LogP contribution in [0.25, 0.3) is 0 Å². The van der Waals surface area contributed by atoms with E-state index in [0.29, 0.717) is 17.6 Å². The van der Waals surface area contributed by atoms with E-state index in [-0.39, 0.29) is 0 Å². The van der Waals surface area contributed by atoms with E-state index in [1.54, 1.807) is 6.33 Å². The molecule has 2 atom stereocenters. The molecule has 1 N–H and O–H groups in total. The van der Waals surface area contributed by atoms with Gasteiger partial charge >= 0.3 is 0 Å². The second-order valence-electron chi connectivity index (χ2n) is 5.48. The number of rotatable bonds is 4. The first-order valence-electron chi connectivity index (χ1n) is 6.19. The van der Waals surface area contributed by atoms with Crippen molar-refractivity contribution in [2.75, 3.05) is 5.75 Å². The minimum Gasteiger partial charge on any atom is -0.389 e. The normalized spacial score (nSPS) is 29.1. The molecule has 2 rings (SSSR count). The lowest BCUT2D eigenvalue weighted by atomic mass is 9.96. The Bertz CT molecular complexity index is 380. The van der Waals surface area contributed by atoms with Gasteiger partial charge in [0.25, 0.3) is 0 Å². The van der Waals surface area contributed by atoms with Gasteiger partial charge in [0.2, 0.25) is 0 Å². The van der Waals surface area contributed by atoms with Crippen LogP contribution < -0.4 is 0 Å². The van der Waals surface area contributed by atoms with Gasteiger partial charge in [-0.05, 0) is 12.3 Å². The first-order chi connectivity index (χ1) is 7.98. The zero-order valence-electron chi connectivity index (χ0n) is 10.8. The monoisotopic (exact) mass is 255 g/mol. The number of hydrogen-bond acceptors (Lipinski definition) is 4. The van der Waals surface area contributed by atoms with Crippen molar-refractivity contribution in [1.29, 1.82) is 0 Å². The zero-order chi connectivity index (χ0) is 12.5. The predicted octanol–water partition coefficient (Wildman–Crippen LogP) is 1.73. The molecule has 1 aromatic rings. The lowest BCUT2D eigenvalue weighted by Gasteiger charge is -2.21. The summed E-state index contributed by atoms with van der Waals surface area (Å²) in [5.74, 6) is 2.26. The summed E-state index contributed by atoms with van der Waals surface area (Å²) in [4.78, 5) is 4.29. The van der Waals surface area contributed by atoms with E-state index in [0.717, 1.165) is 24.5 Å². The molecule has 0 aliphatic carbocycles. The molecular formula is C12H21N3OS. The van der Waals surface area contributed by atoms with Crippen LogP contribution in [0.1, 0.15) is 33.0 Å². The summed E-state index contributed by atoms with van der Waals surface area (Å²) in [7, 11) is 0. The molecule has 1 aliphatic rings. The van der Waals surface area contributed by atoms with Gasteiger partial charge in [-0.2, -0.15) is 16.9 Å². The van der Waals surface area contributed by atoms with Crippen LogP contribution in [0, 0.1) is 5.92 Å². The van der Waals surface area contributed by atoms with Crippen molar-refractivity contribution in [2.24, 2.45) is 5.92 Å². The molecule has 2 unspecified atom stereocenters. The van der Waals surface area contributed by atoms with Gasteiger partial charge in [0.1, 0.15) is 12.2 Å². The minimum atomic E-state index is -0.591. The van der Waals surface area contributed by atoms with Crippen LogP contribution >= 0.6 is 11.8 Å². The summed E-state index contributed by atoms with van der Waals surface area (Å²) in [5.41, 5.74) is -0.591. The molecule has 0 radical (unpaired) electrons. The van der Waals surface area contributed by atoms with Crippen LogP contribution in [0.3, 0.4) is 0 Å². The maximum absolute atomic E-state index is 10.5. The van der Waals surface area contributed by atoms with Gasteiger partial charge < -0.3 is 5.11 Å². The number of hydrogen-bond donors (Lipinski definition) is 1. The van der Waals surface area contributed by atoms with Gasteiger partial charge in [-0.25, -0.2) is 9.67 Å². The van der Waals surface area contributed by atoms with Gasteiger partial charge in [-0.1, -0.05) is 20.8 Å². The van der Waals surface area contributed by atoms with Crippen molar-refractivity contribution < 1.29 is 5.11 Å². The third-order valence-corrected chi connectivity index (χ3v) is 4.46. The summed E-state index contributed by atoms with van der Waals surface area (Å²) in [6.07, 6.45) is 3.07. The molecular weight excluding hydrogens is 234 g/mol. The number of aromatic nitrogens is 3. The van der Waals surface area contributed by atoms with E-state index in [1.165, 1.54) is 0 Å². The third-order valence-electron chi connectivity index (χ3n) is 3.02. The SMILES string of the molecule is CC(C)Cn1ncnc1CC1(O)CSC(C)C1. The molecule has 2 heterocycles. The van der Waals surface area contributed by atoms with Gasteiger partial charge in [0, 0.05) is 24.0 Å². The molecule has 0 saturated carbocycles. The Morgan fingerprint density at radius 2 is 2.41 bits per heavy atom. The highest BCUT2D eigenvalue weighted by Gasteiger charge is 2.37. The second kappa shape index (κ2) is 4.98. The number of nitrogens with zero attached hydrogens (tertiary/aromatic N) is 3. The molecule has 4 nitrogen and oxygen atoms in total. The minimum absolute atomic E-state index is 0.543. The Morgan fingerprint density at radius 1 is 1.65 bits per heavy atom. The van der Waals surface area contributed by atoms with Crippen molar-refractivity contribution in [2.45, 2.75) is 51.0 Å². The molecule has 96 valence electrons. The highest BCUT2D eigenvalue weighted by atomic mass is 32.2. The maximum Gasteiger partial charge on any atom is 0.138 e. The first kappa shape index (κ1) is 12.9. The molecule has 17 heavy (non-hydrogen) atoms. The van der Waals surface area contributed by atoms with Crippen molar-refractivity contribution >= 4 is 11.8 Å². The summed E-state index contributed by atoms with van der Waals surface area (Å²) in [6, 6.07) is 0. The van der Waals surface area contributed by atoms with Crippen molar-refractivity contribution in [3.05, 3.63) is 12.2 Å². The fourth-order valence-electron chi connectivity index (χ4n) is 2.29. The third kappa shape index (κ3) is 3.22. The van der Waals surface area contributed by atoms with E-state index in [9.17, 15) is 5.11 Å². The van der Waals surface area contributed by atoms with Gasteiger partial charge in [0.05, 0.1) is 5.60 Å². The summed E-state index contributed by atoms with van der Waals surface area (Å²) in [6.45, 7) is 7.36. The highest BCUT2D eigenvalue weighted by molar-refractivity contribution is 8.00. The Kier molecular flexibility index (Phi) is 3.78. The average molecular weight is 255 g/mol. The number of thioether (sulfide) groups is 1. The highest BCUT2D eigenvalue weighted by Crippen LogP contribution is 2.36. The van der Waals surface area contributed by atoms with Crippen molar-refractivity contribution in [1.82, 2.24) is 14.8 Å². The second-order valence-corrected chi connectivity index (χ2v) is 6.91. The molecule has 1 aromatic heterocycles. The maximum atomic E-state index is 10.5. The van der Waals surface area contributed by atoms with Crippen molar-refractivity contribution in [3.8, 4) is 0 Å². The van der Waals surface area contributed by atoms with Gasteiger partial charge in [0.15, 0.2) is 0 Å². The fraction of sp³-hybridized carbons (Fsp3) is 0.833. The first-order valence-corrected chi connectivity index (χ1v) is 7.24. The Balaban J connectivity index is 2.06. The van der Waals surface area contributed by atoms with Crippen LogP contribution in [0.5, 0.6) is 0 Å². The molecule has 1 fully saturated rings. The molecule has 5 heteroatoms. The molecule has 0 aromatic carbocycles. The van der Waals surface area contributed by atoms with E-state index in [4.69, 9.17) is 0 Å². The predicted molar refractivity (Wildman–Crippen MR) is 70.1 cm³/mol. The number of aliphatic hydroxyl groups is 1. The Hall–Kier alpha value is -0.550. The van der Waals surface area contributed by atoms with Crippen LogP contribution in [0.4, 0.5) is 0 Å². The molecule has 1 aliphatic heterocycles. The van der Waals surface area contributed by atoms with Crippen LogP contribution in [-0.4, -0.2) is 36.5 Å². The van der Waals surface area contributed by atoms with Crippen LogP contribution in [-0.2, 0) is 13.0 Å². The smallest absolute Gasteiger partial charge is 0.138 e. The quantitative estimate of drug-likeness (QED) is 0.890. The van der Waals surface area contributed by atoms with E-state index >= 15 is 0 Å². The molecule has 0 spiro atoms. The van der Waals surface area contributed by atoms with E-state index in [1.807, 2.05) is 16.4 Å². The van der Waals surface area contributed by atoms with E-state index in [2.05, 4.69) is 30.9 Å². The zero-order valence-corrected chi connectivity index (χ0v) is 11.6. The summed E-state index contributed by atoms with van der Waals surface area (Å²) in [5, 5.41) is 15.3. The Morgan fingerprint density at radius 3 is 3.00 bits per heavy atom. The summed E-state index contributed by atoms with van der Waals surface area (Å²) >= 11 is 1.84. The van der Waals surface area contributed by atoms with Crippen LogP contribution in [0.15, 0.2) is 6.33 Å². The molecule has 0 amide bonds. The molecule has 0 bridgehead atoms.